The van der Waals surface area contributed by atoms with Crippen LogP contribution in [-0.2, 0) is 10.5 Å². The van der Waals surface area contributed by atoms with E-state index in [0.29, 0.717) is 40.8 Å². The van der Waals surface area contributed by atoms with Gasteiger partial charge in [0.1, 0.15) is 11.6 Å². The summed E-state index contributed by atoms with van der Waals surface area (Å²) in [5.41, 5.74) is 2.70. The normalized spacial score (nSPS) is 11.9. The van der Waals surface area contributed by atoms with E-state index >= 15 is 0 Å². The van der Waals surface area contributed by atoms with E-state index in [4.69, 9.17) is 16.3 Å². The van der Waals surface area contributed by atoms with E-state index in [1.165, 1.54) is 17.8 Å². The average molecular weight is 410 g/mol. The Kier molecular flexibility index (Phi) is 8.45. The molecule has 2 aromatic carbocycles. The third-order valence-electron chi connectivity index (χ3n) is 3.99. The van der Waals surface area contributed by atoms with Crippen LogP contribution in [0.3, 0.4) is 0 Å². The first-order chi connectivity index (χ1) is 12.9. The summed E-state index contributed by atoms with van der Waals surface area (Å²) in [4.78, 5) is 12.4. The van der Waals surface area contributed by atoms with Gasteiger partial charge in [0, 0.05) is 28.6 Å². The zero-order valence-electron chi connectivity index (χ0n) is 15.9. The maximum Gasteiger partial charge on any atom is 0.261 e. The maximum absolute atomic E-state index is 13.7. The molecule has 2 rings (SSSR count). The third kappa shape index (κ3) is 6.74. The Bertz CT molecular complexity index is 744. The molecule has 3 nitrogen and oxygen atoms in total. The van der Waals surface area contributed by atoms with Crippen LogP contribution in [0.4, 0.5) is 4.39 Å². The van der Waals surface area contributed by atoms with Gasteiger partial charge in [-0.2, -0.15) is 11.8 Å². The molecule has 27 heavy (non-hydrogen) atoms. The number of hydrogen-bond donors (Lipinski definition) is 1. The Balaban J connectivity index is 1.78. The molecule has 0 aliphatic carbocycles. The number of nitrogens with one attached hydrogen (secondary N) is 1. The van der Waals surface area contributed by atoms with Gasteiger partial charge in [0.2, 0.25) is 0 Å². The minimum absolute atomic E-state index is 0.138. The number of thioether (sulfide) groups is 1. The van der Waals surface area contributed by atoms with Crippen LogP contribution in [0.1, 0.15) is 30.0 Å². The van der Waals surface area contributed by atoms with Crippen LogP contribution in [-0.4, -0.2) is 24.3 Å². The van der Waals surface area contributed by atoms with E-state index < -0.39 is 6.10 Å². The van der Waals surface area contributed by atoms with E-state index in [1.54, 1.807) is 12.1 Å². The molecule has 0 saturated carbocycles. The molecule has 1 N–H and O–H groups in total. The highest BCUT2D eigenvalue weighted by molar-refractivity contribution is 7.98. The molecule has 0 bridgehead atoms. The number of hydrogen-bond acceptors (Lipinski definition) is 3. The first kappa shape index (κ1) is 21.6. The molecule has 0 aliphatic rings. The number of rotatable bonds is 9. The summed E-state index contributed by atoms with van der Waals surface area (Å²) >= 11 is 7.54. The van der Waals surface area contributed by atoms with Crippen molar-refractivity contribution >= 4 is 29.3 Å². The van der Waals surface area contributed by atoms with Crippen molar-refractivity contribution in [3.63, 3.8) is 0 Å². The van der Waals surface area contributed by atoms with E-state index in [2.05, 4.69) is 11.4 Å². The van der Waals surface area contributed by atoms with Crippen molar-refractivity contribution in [3.05, 3.63) is 63.9 Å². The predicted molar refractivity (Wildman–Crippen MR) is 111 cm³/mol. The van der Waals surface area contributed by atoms with Gasteiger partial charge in [0.05, 0.1) is 0 Å². The van der Waals surface area contributed by atoms with Crippen LogP contribution in [0.5, 0.6) is 5.75 Å². The van der Waals surface area contributed by atoms with Crippen LogP contribution >= 0.6 is 23.4 Å². The molecule has 0 saturated heterocycles. The van der Waals surface area contributed by atoms with Gasteiger partial charge in [-0.05, 0) is 55.7 Å². The van der Waals surface area contributed by atoms with Gasteiger partial charge in [-0.15, -0.1) is 0 Å². The first-order valence-corrected chi connectivity index (χ1v) is 10.5. The van der Waals surface area contributed by atoms with E-state index in [9.17, 15) is 9.18 Å². The molecule has 0 fully saturated rings. The molecule has 146 valence electrons. The van der Waals surface area contributed by atoms with Crippen molar-refractivity contribution < 1.29 is 13.9 Å². The molecule has 0 aromatic heterocycles. The molecule has 2 aromatic rings. The van der Waals surface area contributed by atoms with Gasteiger partial charge in [0.15, 0.2) is 6.10 Å². The minimum atomic E-state index is -0.530. The number of amides is 1. The minimum Gasteiger partial charge on any atom is -0.481 e. The lowest BCUT2D eigenvalue weighted by Gasteiger charge is -2.18. The van der Waals surface area contributed by atoms with Crippen molar-refractivity contribution in [1.82, 2.24) is 5.32 Å². The van der Waals surface area contributed by atoms with Gasteiger partial charge in [0.25, 0.3) is 5.91 Å². The highest BCUT2D eigenvalue weighted by Gasteiger charge is 2.18. The zero-order valence-corrected chi connectivity index (χ0v) is 17.4. The lowest BCUT2D eigenvalue weighted by molar-refractivity contribution is -0.127. The SMILES string of the molecule is CC[C@H](Oc1cc(C)cc(C)c1)C(=O)NCCSCc1c(F)cccc1Cl. The summed E-state index contributed by atoms with van der Waals surface area (Å²) in [5.74, 6) is 1.40. The highest BCUT2D eigenvalue weighted by atomic mass is 35.5. The Hall–Kier alpha value is -1.72. The summed E-state index contributed by atoms with van der Waals surface area (Å²) in [6.45, 7) is 6.41. The fourth-order valence-corrected chi connectivity index (χ4v) is 3.89. The van der Waals surface area contributed by atoms with E-state index in [1.807, 2.05) is 32.9 Å². The second-order valence-corrected chi connectivity index (χ2v) is 7.89. The molecular formula is C21H25ClFNO2S. The van der Waals surface area contributed by atoms with Crippen LogP contribution in [0, 0.1) is 19.7 Å². The van der Waals surface area contributed by atoms with Crippen LogP contribution in [0.15, 0.2) is 36.4 Å². The molecule has 0 heterocycles. The standard InChI is InChI=1S/C21H25ClFNO2S/c1-4-20(26-16-11-14(2)10-15(3)12-16)21(25)24-8-9-27-13-17-18(22)6-5-7-19(17)23/h5-7,10-12,20H,4,8-9,13H2,1-3H3,(H,24,25)/t20-/m0/s1. The van der Waals surface area contributed by atoms with Gasteiger partial charge >= 0.3 is 0 Å². The van der Waals surface area contributed by atoms with Crippen molar-refractivity contribution in [2.45, 2.75) is 39.0 Å². The summed E-state index contributed by atoms with van der Waals surface area (Å²) in [6.07, 6.45) is 0.0498. The van der Waals surface area contributed by atoms with E-state index in [-0.39, 0.29) is 11.7 Å². The summed E-state index contributed by atoms with van der Waals surface area (Å²) < 4.78 is 19.6. The molecule has 1 atom stereocenters. The largest absolute Gasteiger partial charge is 0.481 e. The number of carbonyl (C=O) groups excluding carboxylic acids is 1. The zero-order chi connectivity index (χ0) is 19.8. The third-order valence-corrected chi connectivity index (χ3v) is 5.33. The monoisotopic (exact) mass is 409 g/mol. The predicted octanol–water partition coefficient (Wildman–Crippen LogP) is 5.30. The van der Waals surface area contributed by atoms with Crippen LogP contribution in [0.25, 0.3) is 0 Å². The van der Waals surface area contributed by atoms with Crippen LogP contribution in [0.2, 0.25) is 5.02 Å². The Morgan fingerprint density at radius 3 is 2.59 bits per heavy atom. The molecule has 0 radical (unpaired) electrons. The lowest BCUT2D eigenvalue weighted by Crippen LogP contribution is -2.39. The fourth-order valence-electron chi connectivity index (χ4n) is 2.69. The van der Waals surface area contributed by atoms with Gasteiger partial charge < -0.3 is 10.1 Å². The maximum atomic E-state index is 13.7. The second kappa shape index (κ2) is 10.6. The number of ether oxygens (including phenoxy) is 1. The summed E-state index contributed by atoms with van der Waals surface area (Å²) in [5, 5.41) is 3.32. The molecular weight excluding hydrogens is 385 g/mol. The Labute approximate surface area is 169 Å². The van der Waals surface area contributed by atoms with Gasteiger partial charge in [-0.3, -0.25) is 4.79 Å². The topological polar surface area (TPSA) is 38.3 Å². The second-order valence-electron chi connectivity index (χ2n) is 6.38. The molecule has 6 heteroatoms. The van der Waals surface area contributed by atoms with Crippen molar-refractivity contribution in [2.75, 3.05) is 12.3 Å². The average Bonchev–Trinajstić information content (AvgIpc) is 2.60. The smallest absolute Gasteiger partial charge is 0.261 e. The quantitative estimate of drug-likeness (QED) is 0.571. The first-order valence-electron chi connectivity index (χ1n) is 8.94. The molecule has 0 aliphatic heterocycles. The van der Waals surface area contributed by atoms with Crippen molar-refractivity contribution in [3.8, 4) is 5.75 Å². The van der Waals surface area contributed by atoms with Gasteiger partial charge in [-0.25, -0.2) is 4.39 Å². The number of benzene rings is 2. The van der Waals surface area contributed by atoms with Crippen molar-refractivity contribution in [1.29, 1.82) is 0 Å². The Morgan fingerprint density at radius 1 is 1.26 bits per heavy atom. The van der Waals surface area contributed by atoms with Crippen LogP contribution < -0.4 is 10.1 Å². The number of halogens is 2. The summed E-state index contributed by atoms with van der Waals surface area (Å²) in [7, 11) is 0. The fraction of sp³-hybridized carbons (Fsp3) is 0.381. The van der Waals surface area contributed by atoms with Crippen molar-refractivity contribution in [2.24, 2.45) is 0 Å². The number of aryl methyl sites for hydroxylation is 2. The molecule has 0 spiro atoms. The number of carbonyl (C=O) groups is 1. The summed E-state index contributed by atoms with van der Waals surface area (Å²) in [6, 6.07) is 10.6. The molecule has 1 amide bonds. The molecule has 0 unspecified atom stereocenters. The Morgan fingerprint density at radius 2 is 1.96 bits per heavy atom. The lowest BCUT2D eigenvalue weighted by atomic mass is 10.1. The van der Waals surface area contributed by atoms with E-state index in [0.717, 1.165) is 11.1 Å². The van der Waals surface area contributed by atoms with Gasteiger partial charge in [-0.1, -0.05) is 30.7 Å². The highest BCUT2D eigenvalue weighted by Crippen LogP contribution is 2.23.